The van der Waals surface area contributed by atoms with Gasteiger partial charge in [0.15, 0.2) is 0 Å². The number of carbonyl (C=O) groups is 1. The molecule has 0 aromatic heterocycles. The van der Waals surface area contributed by atoms with Gasteiger partial charge >= 0.3 is 5.97 Å². The van der Waals surface area contributed by atoms with Gasteiger partial charge in [0.25, 0.3) is 0 Å². The van der Waals surface area contributed by atoms with Gasteiger partial charge in [-0.05, 0) is 56.3 Å². The van der Waals surface area contributed by atoms with Crippen LogP contribution in [0, 0.1) is 35.0 Å². The lowest BCUT2D eigenvalue weighted by Gasteiger charge is -2.28. The molecule has 3 aliphatic carbocycles. The number of hydrogen-bond donors (Lipinski definition) is 0. The molecule has 0 amide bonds. The van der Waals surface area contributed by atoms with E-state index in [1.54, 1.807) is 0 Å². The first-order valence-corrected chi connectivity index (χ1v) is 7.85. The molecule has 3 fully saturated rings. The minimum Gasteiger partial charge on any atom is -0.461 e. The van der Waals surface area contributed by atoms with Crippen molar-refractivity contribution in [3.05, 3.63) is 0 Å². The van der Waals surface area contributed by atoms with E-state index in [0.29, 0.717) is 12.3 Å². The van der Waals surface area contributed by atoms with Crippen molar-refractivity contribution in [2.24, 2.45) is 23.7 Å². The number of fused-ring (bicyclic) bond motifs is 2. The van der Waals surface area contributed by atoms with E-state index >= 15 is 0 Å². The lowest BCUT2D eigenvalue weighted by atomic mass is 9.86. The number of hydrogen-bond acceptors (Lipinski definition) is 3. The summed E-state index contributed by atoms with van der Waals surface area (Å²) < 4.78 is 5.60. The Bertz CT molecular complexity index is 387. The molecule has 3 saturated carbocycles. The molecule has 3 rings (SSSR count). The Balaban J connectivity index is 1.49. The van der Waals surface area contributed by atoms with Crippen LogP contribution in [0.25, 0.3) is 0 Å². The molecule has 0 unspecified atom stereocenters. The highest BCUT2D eigenvalue weighted by Gasteiger charge is 2.40. The van der Waals surface area contributed by atoms with E-state index in [2.05, 4.69) is 6.07 Å². The van der Waals surface area contributed by atoms with Crippen LogP contribution in [0.15, 0.2) is 0 Å². The molecule has 3 aliphatic rings. The third-order valence-corrected chi connectivity index (χ3v) is 5.46. The standard InChI is InChI=1S/C16H23NO2/c17-10-13-3-1-2-4-15(13)19-16(18)9-14-8-11-5-6-12(14)7-11/h11-15H,1-9H2/t11-,12-,13-,14+,15-/m0/s1. The predicted molar refractivity (Wildman–Crippen MR) is 71.0 cm³/mol. The Kier molecular flexibility index (Phi) is 3.77. The molecule has 0 saturated heterocycles. The minimum atomic E-state index is -0.134. The zero-order valence-corrected chi connectivity index (χ0v) is 11.5. The molecular formula is C16H23NO2. The van der Waals surface area contributed by atoms with Gasteiger partial charge in [-0.15, -0.1) is 0 Å². The van der Waals surface area contributed by atoms with Crippen molar-refractivity contribution in [2.75, 3.05) is 0 Å². The van der Waals surface area contributed by atoms with Gasteiger partial charge in [0, 0.05) is 6.42 Å². The largest absolute Gasteiger partial charge is 0.461 e. The highest BCUT2D eigenvalue weighted by atomic mass is 16.5. The van der Waals surface area contributed by atoms with Gasteiger partial charge in [0.2, 0.25) is 0 Å². The van der Waals surface area contributed by atoms with Crippen molar-refractivity contribution in [3.8, 4) is 6.07 Å². The van der Waals surface area contributed by atoms with Crippen LogP contribution in [0.1, 0.15) is 57.8 Å². The average molecular weight is 261 g/mol. The van der Waals surface area contributed by atoms with E-state index in [1.807, 2.05) is 0 Å². The maximum atomic E-state index is 12.1. The molecule has 5 atom stereocenters. The molecule has 19 heavy (non-hydrogen) atoms. The Morgan fingerprint density at radius 3 is 2.68 bits per heavy atom. The molecule has 3 nitrogen and oxygen atoms in total. The van der Waals surface area contributed by atoms with Crippen LogP contribution in [0.2, 0.25) is 0 Å². The normalized spacial score (nSPS) is 40.9. The molecule has 0 aromatic rings. The highest BCUT2D eigenvalue weighted by molar-refractivity contribution is 5.70. The molecule has 0 N–H and O–H groups in total. The first-order valence-electron chi connectivity index (χ1n) is 7.85. The second-order valence-electron chi connectivity index (χ2n) is 6.69. The van der Waals surface area contributed by atoms with Crippen LogP contribution in [0.5, 0.6) is 0 Å². The smallest absolute Gasteiger partial charge is 0.306 e. The van der Waals surface area contributed by atoms with Gasteiger partial charge in [-0.25, -0.2) is 0 Å². The Labute approximate surface area is 115 Å². The van der Waals surface area contributed by atoms with Crippen LogP contribution >= 0.6 is 0 Å². The van der Waals surface area contributed by atoms with Crippen molar-refractivity contribution in [3.63, 3.8) is 0 Å². The van der Waals surface area contributed by atoms with Gasteiger partial charge in [-0.3, -0.25) is 4.79 Å². The van der Waals surface area contributed by atoms with Gasteiger partial charge in [-0.1, -0.05) is 12.8 Å². The number of ether oxygens (including phenoxy) is 1. The summed E-state index contributed by atoms with van der Waals surface area (Å²) in [6.07, 6.45) is 9.66. The number of nitriles is 1. The SMILES string of the molecule is N#C[C@@H]1CCCC[C@@H]1OC(=O)C[C@H]1C[C@H]2CC[C@H]1C2. The minimum absolute atomic E-state index is 0.0512. The van der Waals surface area contributed by atoms with Crippen molar-refractivity contribution >= 4 is 5.97 Å². The van der Waals surface area contributed by atoms with E-state index in [4.69, 9.17) is 10.00 Å². The summed E-state index contributed by atoms with van der Waals surface area (Å²) in [6, 6.07) is 2.30. The maximum absolute atomic E-state index is 12.1. The summed E-state index contributed by atoms with van der Waals surface area (Å²) >= 11 is 0. The zero-order chi connectivity index (χ0) is 13.2. The second kappa shape index (κ2) is 5.53. The van der Waals surface area contributed by atoms with Crippen molar-refractivity contribution in [1.82, 2.24) is 0 Å². The van der Waals surface area contributed by atoms with Crippen molar-refractivity contribution in [1.29, 1.82) is 5.26 Å². The molecule has 0 spiro atoms. The van der Waals surface area contributed by atoms with Crippen LogP contribution in [-0.2, 0) is 9.53 Å². The van der Waals surface area contributed by atoms with E-state index in [0.717, 1.165) is 37.5 Å². The summed E-state index contributed by atoms with van der Waals surface area (Å²) in [6.45, 7) is 0. The molecule has 0 aromatic carbocycles. The number of nitrogens with zero attached hydrogens (tertiary/aromatic N) is 1. The summed E-state index contributed by atoms with van der Waals surface area (Å²) in [5.41, 5.74) is 0. The lowest BCUT2D eigenvalue weighted by Crippen LogP contribution is -2.30. The van der Waals surface area contributed by atoms with Crippen LogP contribution in [0.3, 0.4) is 0 Å². The first-order chi connectivity index (χ1) is 9.26. The second-order valence-corrected chi connectivity index (χ2v) is 6.69. The number of rotatable bonds is 3. The molecule has 0 heterocycles. The third kappa shape index (κ3) is 2.78. The van der Waals surface area contributed by atoms with Gasteiger partial charge < -0.3 is 4.74 Å². The van der Waals surface area contributed by atoms with Gasteiger partial charge in [-0.2, -0.15) is 5.26 Å². The van der Waals surface area contributed by atoms with Crippen molar-refractivity contribution in [2.45, 2.75) is 63.9 Å². The third-order valence-electron chi connectivity index (χ3n) is 5.46. The monoisotopic (exact) mass is 261 g/mol. The summed E-state index contributed by atoms with van der Waals surface area (Å²) in [4.78, 5) is 12.1. The van der Waals surface area contributed by atoms with E-state index < -0.39 is 0 Å². The highest BCUT2D eigenvalue weighted by Crippen LogP contribution is 2.49. The number of esters is 1. The summed E-state index contributed by atoms with van der Waals surface area (Å²) in [5, 5.41) is 9.10. The molecule has 3 heteroatoms. The number of carbonyl (C=O) groups excluding carboxylic acids is 1. The van der Waals surface area contributed by atoms with E-state index in [-0.39, 0.29) is 18.0 Å². The maximum Gasteiger partial charge on any atom is 0.306 e. The molecule has 0 aliphatic heterocycles. The van der Waals surface area contributed by atoms with Gasteiger partial charge in [0.05, 0.1) is 12.0 Å². The fraction of sp³-hybridized carbons (Fsp3) is 0.875. The summed E-state index contributed by atoms with van der Waals surface area (Å²) in [5.74, 6) is 2.10. The Hall–Kier alpha value is -1.04. The Morgan fingerprint density at radius 1 is 1.16 bits per heavy atom. The molecule has 104 valence electrons. The van der Waals surface area contributed by atoms with Crippen LogP contribution in [0.4, 0.5) is 0 Å². The fourth-order valence-electron chi connectivity index (χ4n) is 4.44. The van der Waals surface area contributed by atoms with E-state index in [9.17, 15) is 4.79 Å². The Morgan fingerprint density at radius 2 is 2.00 bits per heavy atom. The fourth-order valence-corrected chi connectivity index (χ4v) is 4.44. The predicted octanol–water partition coefficient (Wildman–Crippen LogP) is 3.44. The van der Waals surface area contributed by atoms with Crippen LogP contribution < -0.4 is 0 Å². The molecule has 0 radical (unpaired) electrons. The zero-order valence-electron chi connectivity index (χ0n) is 11.5. The van der Waals surface area contributed by atoms with Crippen molar-refractivity contribution < 1.29 is 9.53 Å². The quantitative estimate of drug-likeness (QED) is 0.731. The van der Waals surface area contributed by atoms with Crippen LogP contribution in [-0.4, -0.2) is 12.1 Å². The first kappa shape index (κ1) is 13.0. The lowest BCUT2D eigenvalue weighted by molar-refractivity contribution is -0.153. The molecular weight excluding hydrogens is 238 g/mol. The topological polar surface area (TPSA) is 50.1 Å². The average Bonchev–Trinajstić information content (AvgIpc) is 3.01. The molecule has 2 bridgehead atoms. The summed E-state index contributed by atoms with van der Waals surface area (Å²) in [7, 11) is 0. The van der Waals surface area contributed by atoms with Gasteiger partial charge in [0.1, 0.15) is 6.10 Å². The van der Waals surface area contributed by atoms with E-state index in [1.165, 1.54) is 25.7 Å².